The second-order valence-electron chi connectivity index (χ2n) is 4.76. The Balaban J connectivity index is 2.13. The number of fused-ring (bicyclic) bond motifs is 1. The SMILES string of the molecule is COCCNC(=O)NC(=O)Cn1cnc2c(Cl)cc(Cl)cc2c1=O. The zero-order valence-corrected chi connectivity index (χ0v) is 14.1. The average Bonchev–Trinajstić information content (AvgIpc) is 2.50. The molecule has 1 heterocycles. The van der Waals surface area contributed by atoms with E-state index in [0.29, 0.717) is 12.1 Å². The van der Waals surface area contributed by atoms with Crippen molar-refractivity contribution >= 4 is 46.0 Å². The molecule has 2 rings (SSSR count). The summed E-state index contributed by atoms with van der Waals surface area (Å²) in [5.74, 6) is -0.665. The first-order chi connectivity index (χ1) is 11.4. The number of imide groups is 1. The van der Waals surface area contributed by atoms with Gasteiger partial charge in [0.15, 0.2) is 0 Å². The summed E-state index contributed by atoms with van der Waals surface area (Å²) >= 11 is 11.9. The first-order valence-corrected chi connectivity index (χ1v) is 7.58. The minimum absolute atomic E-state index is 0.187. The number of aromatic nitrogens is 2. The van der Waals surface area contributed by atoms with E-state index in [4.69, 9.17) is 27.9 Å². The number of ether oxygens (including phenoxy) is 1. The minimum atomic E-state index is -0.676. The monoisotopic (exact) mass is 372 g/mol. The van der Waals surface area contributed by atoms with E-state index in [2.05, 4.69) is 15.6 Å². The third-order valence-electron chi connectivity index (χ3n) is 3.00. The molecule has 0 aliphatic rings. The van der Waals surface area contributed by atoms with Crippen LogP contribution in [0.3, 0.4) is 0 Å². The van der Waals surface area contributed by atoms with Crippen LogP contribution in [0, 0.1) is 0 Å². The predicted octanol–water partition coefficient (Wildman–Crippen LogP) is 1.18. The molecule has 0 aliphatic heterocycles. The van der Waals surface area contributed by atoms with Gasteiger partial charge in [-0.15, -0.1) is 0 Å². The van der Waals surface area contributed by atoms with Crippen LogP contribution in [0.15, 0.2) is 23.3 Å². The van der Waals surface area contributed by atoms with Gasteiger partial charge in [-0.2, -0.15) is 0 Å². The lowest BCUT2D eigenvalue weighted by atomic mass is 10.2. The van der Waals surface area contributed by atoms with Crippen LogP contribution < -0.4 is 16.2 Å². The zero-order valence-electron chi connectivity index (χ0n) is 12.6. The minimum Gasteiger partial charge on any atom is -0.383 e. The number of nitrogens with zero attached hydrogens (tertiary/aromatic N) is 2. The van der Waals surface area contributed by atoms with Crippen molar-refractivity contribution in [1.29, 1.82) is 0 Å². The number of carbonyl (C=O) groups excluding carboxylic acids is 2. The van der Waals surface area contributed by atoms with Crippen LogP contribution in [0.5, 0.6) is 0 Å². The smallest absolute Gasteiger partial charge is 0.321 e. The fraction of sp³-hybridized carbons (Fsp3) is 0.286. The first kappa shape index (κ1) is 18.2. The van der Waals surface area contributed by atoms with E-state index in [0.717, 1.165) is 4.57 Å². The molecule has 0 unspecified atom stereocenters. The Kier molecular flexibility index (Phi) is 6.13. The molecule has 1 aromatic heterocycles. The molecule has 1 aromatic carbocycles. The van der Waals surface area contributed by atoms with Gasteiger partial charge in [-0.1, -0.05) is 23.2 Å². The van der Waals surface area contributed by atoms with Crippen molar-refractivity contribution in [3.8, 4) is 0 Å². The van der Waals surface area contributed by atoms with Gasteiger partial charge < -0.3 is 10.1 Å². The highest BCUT2D eigenvalue weighted by Crippen LogP contribution is 2.23. The summed E-state index contributed by atoms with van der Waals surface area (Å²) in [7, 11) is 1.49. The molecule has 2 aromatic rings. The van der Waals surface area contributed by atoms with Crippen LogP contribution in [0.2, 0.25) is 10.0 Å². The predicted molar refractivity (Wildman–Crippen MR) is 89.4 cm³/mol. The summed E-state index contributed by atoms with van der Waals surface area (Å²) in [5, 5.41) is 5.24. The number of benzene rings is 1. The van der Waals surface area contributed by atoms with Gasteiger partial charge in [0.2, 0.25) is 5.91 Å². The number of hydrogen-bond acceptors (Lipinski definition) is 5. The lowest BCUT2D eigenvalue weighted by Crippen LogP contribution is -2.43. The molecule has 8 nitrogen and oxygen atoms in total. The standard InChI is InChI=1S/C14H14Cl2N4O4/c1-24-3-2-17-14(23)19-11(21)6-20-7-18-12-9(13(20)22)4-8(15)5-10(12)16/h4-5,7H,2-3,6H2,1H3,(H2,17,19,21,23). The quantitative estimate of drug-likeness (QED) is 0.767. The largest absolute Gasteiger partial charge is 0.383 e. The Morgan fingerprint density at radius 1 is 1.33 bits per heavy atom. The van der Waals surface area contributed by atoms with Crippen molar-refractivity contribution in [2.75, 3.05) is 20.3 Å². The van der Waals surface area contributed by atoms with Crippen molar-refractivity contribution in [3.05, 3.63) is 38.9 Å². The second kappa shape index (κ2) is 8.09. The van der Waals surface area contributed by atoms with Crippen molar-refractivity contribution in [2.24, 2.45) is 0 Å². The van der Waals surface area contributed by atoms with Crippen molar-refractivity contribution in [2.45, 2.75) is 6.54 Å². The van der Waals surface area contributed by atoms with E-state index in [-0.39, 0.29) is 28.5 Å². The highest BCUT2D eigenvalue weighted by atomic mass is 35.5. The van der Waals surface area contributed by atoms with Crippen LogP contribution >= 0.6 is 23.2 Å². The molecule has 0 radical (unpaired) electrons. The maximum absolute atomic E-state index is 12.4. The lowest BCUT2D eigenvalue weighted by molar-refractivity contribution is -0.120. The van der Waals surface area contributed by atoms with Crippen molar-refractivity contribution < 1.29 is 14.3 Å². The van der Waals surface area contributed by atoms with E-state index in [1.165, 1.54) is 25.6 Å². The zero-order chi connectivity index (χ0) is 17.7. The third kappa shape index (κ3) is 4.44. The number of nitrogens with one attached hydrogen (secondary N) is 2. The Morgan fingerprint density at radius 2 is 2.08 bits per heavy atom. The van der Waals surface area contributed by atoms with Gasteiger partial charge in [-0.05, 0) is 12.1 Å². The molecule has 10 heteroatoms. The Morgan fingerprint density at radius 3 is 2.79 bits per heavy atom. The van der Waals surface area contributed by atoms with Crippen molar-refractivity contribution in [1.82, 2.24) is 20.2 Å². The van der Waals surface area contributed by atoms with E-state index >= 15 is 0 Å². The topological polar surface area (TPSA) is 102 Å². The van der Waals surface area contributed by atoms with Gasteiger partial charge in [0.25, 0.3) is 5.56 Å². The van der Waals surface area contributed by atoms with Crippen LogP contribution in [0.25, 0.3) is 10.9 Å². The normalized spacial score (nSPS) is 10.6. The maximum Gasteiger partial charge on any atom is 0.321 e. The van der Waals surface area contributed by atoms with Gasteiger partial charge in [-0.3, -0.25) is 19.5 Å². The van der Waals surface area contributed by atoms with E-state index in [1.807, 2.05) is 0 Å². The van der Waals surface area contributed by atoms with Crippen molar-refractivity contribution in [3.63, 3.8) is 0 Å². The number of hydrogen-bond donors (Lipinski definition) is 2. The molecule has 0 bridgehead atoms. The fourth-order valence-corrected chi connectivity index (χ4v) is 2.48. The second-order valence-corrected chi connectivity index (χ2v) is 5.60. The van der Waals surface area contributed by atoms with Gasteiger partial charge in [0.05, 0.1) is 28.9 Å². The van der Waals surface area contributed by atoms with Gasteiger partial charge in [-0.25, -0.2) is 9.78 Å². The molecule has 0 atom stereocenters. The first-order valence-electron chi connectivity index (χ1n) is 6.83. The van der Waals surface area contributed by atoms with Crippen LogP contribution in [0.4, 0.5) is 4.79 Å². The van der Waals surface area contributed by atoms with E-state index in [9.17, 15) is 14.4 Å². The van der Waals surface area contributed by atoms with E-state index < -0.39 is 17.5 Å². The fourth-order valence-electron chi connectivity index (χ4n) is 1.94. The summed E-state index contributed by atoms with van der Waals surface area (Å²) in [6.45, 7) is 0.199. The Bertz CT molecular complexity index is 837. The molecule has 3 amide bonds. The Labute approximate surface area is 146 Å². The molecule has 128 valence electrons. The summed E-state index contributed by atoms with van der Waals surface area (Å²) in [6, 6.07) is 2.22. The number of carbonyl (C=O) groups is 2. The highest BCUT2D eigenvalue weighted by Gasteiger charge is 2.12. The number of amides is 3. The molecule has 0 saturated carbocycles. The van der Waals surface area contributed by atoms with Crippen LogP contribution in [-0.4, -0.2) is 41.8 Å². The number of rotatable bonds is 5. The van der Waals surface area contributed by atoms with E-state index in [1.54, 1.807) is 0 Å². The third-order valence-corrected chi connectivity index (χ3v) is 3.51. The molecular formula is C14H14Cl2N4O4. The van der Waals surface area contributed by atoms with Crippen LogP contribution in [-0.2, 0) is 16.1 Å². The average molecular weight is 373 g/mol. The molecule has 0 spiro atoms. The lowest BCUT2D eigenvalue weighted by Gasteiger charge is -2.09. The Hall–Kier alpha value is -2.16. The summed E-state index contributed by atoms with van der Waals surface area (Å²) in [6.07, 6.45) is 1.19. The number of urea groups is 1. The molecule has 2 N–H and O–H groups in total. The number of methoxy groups -OCH3 is 1. The maximum atomic E-state index is 12.4. The summed E-state index contributed by atoms with van der Waals surface area (Å²) in [4.78, 5) is 39.7. The number of halogens is 2. The van der Waals surface area contributed by atoms with Gasteiger partial charge >= 0.3 is 6.03 Å². The molecule has 0 fully saturated rings. The van der Waals surface area contributed by atoms with Gasteiger partial charge in [0.1, 0.15) is 6.54 Å². The molecular weight excluding hydrogens is 359 g/mol. The highest BCUT2D eigenvalue weighted by molar-refractivity contribution is 6.38. The van der Waals surface area contributed by atoms with Crippen LogP contribution in [0.1, 0.15) is 0 Å². The molecule has 0 aliphatic carbocycles. The summed E-state index contributed by atoms with van der Waals surface area (Å²) < 4.78 is 5.83. The molecule has 0 saturated heterocycles. The van der Waals surface area contributed by atoms with Gasteiger partial charge in [0, 0.05) is 18.7 Å². The summed E-state index contributed by atoms with van der Waals surface area (Å²) in [5.41, 5.74) is -0.195. The molecule has 24 heavy (non-hydrogen) atoms.